The molecule has 0 aromatic heterocycles. The summed E-state index contributed by atoms with van der Waals surface area (Å²) in [5.74, 6) is -0.418. The van der Waals surface area contributed by atoms with E-state index >= 15 is 0 Å². The van der Waals surface area contributed by atoms with Gasteiger partial charge in [0, 0.05) is 6.54 Å². The Kier molecular flexibility index (Phi) is 4.79. The minimum atomic E-state index is -0.418. The van der Waals surface area contributed by atoms with Crippen LogP contribution in [0.15, 0.2) is 0 Å². The molecule has 2 fully saturated rings. The number of ether oxygens (including phenoxy) is 3. The first-order valence-electron chi connectivity index (χ1n) is 6.79. The highest BCUT2D eigenvalue weighted by molar-refractivity contribution is 4.73. The number of rotatable bonds is 5. The van der Waals surface area contributed by atoms with Gasteiger partial charge in [0.25, 0.3) is 0 Å². The molecule has 1 saturated heterocycles. The van der Waals surface area contributed by atoms with Crippen LogP contribution >= 0.6 is 0 Å². The monoisotopic (exact) mass is 243 g/mol. The Balaban J connectivity index is 1.51. The van der Waals surface area contributed by atoms with Gasteiger partial charge in [0.1, 0.15) is 0 Å². The fraction of sp³-hybridized carbons (Fsp3) is 1.00. The van der Waals surface area contributed by atoms with Gasteiger partial charge in [-0.3, -0.25) is 0 Å². The van der Waals surface area contributed by atoms with Crippen LogP contribution in [0.25, 0.3) is 0 Å². The Hall–Kier alpha value is -0.160. The molecular weight excluding hydrogens is 218 g/mol. The second kappa shape index (κ2) is 6.14. The lowest BCUT2D eigenvalue weighted by molar-refractivity contribution is -0.253. The first-order valence-corrected chi connectivity index (χ1v) is 6.79. The molecule has 1 aliphatic carbocycles. The van der Waals surface area contributed by atoms with E-state index in [0.29, 0.717) is 12.1 Å². The third-order valence-corrected chi connectivity index (χ3v) is 3.46. The van der Waals surface area contributed by atoms with Gasteiger partial charge in [0.05, 0.1) is 32.0 Å². The third-order valence-electron chi connectivity index (χ3n) is 3.46. The van der Waals surface area contributed by atoms with Crippen molar-refractivity contribution in [2.45, 2.75) is 57.5 Å². The summed E-state index contributed by atoms with van der Waals surface area (Å²) in [4.78, 5) is 0. The van der Waals surface area contributed by atoms with Crippen molar-refractivity contribution in [3.05, 3.63) is 0 Å². The van der Waals surface area contributed by atoms with Crippen molar-refractivity contribution in [1.29, 1.82) is 0 Å². The van der Waals surface area contributed by atoms with Crippen molar-refractivity contribution >= 4 is 0 Å². The van der Waals surface area contributed by atoms with Gasteiger partial charge in [0.15, 0.2) is 5.79 Å². The minimum absolute atomic E-state index is 0.301. The molecule has 0 spiro atoms. The molecule has 1 aliphatic heterocycles. The van der Waals surface area contributed by atoms with E-state index in [1.54, 1.807) is 0 Å². The zero-order valence-electron chi connectivity index (χ0n) is 11.0. The maximum atomic E-state index is 5.79. The lowest BCUT2D eigenvalue weighted by atomic mass is 10.2. The van der Waals surface area contributed by atoms with E-state index < -0.39 is 5.79 Å². The summed E-state index contributed by atoms with van der Waals surface area (Å²) in [5, 5.41) is 3.41. The molecule has 2 aliphatic rings. The zero-order chi connectivity index (χ0) is 12.1. The summed E-state index contributed by atoms with van der Waals surface area (Å²) in [6, 6.07) is 0.301. The van der Waals surface area contributed by atoms with E-state index in [-0.39, 0.29) is 0 Å². The Morgan fingerprint density at radius 2 is 1.82 bits per heavy atom. The SMILES string of the molecule is CC1(C)OCC(NCCOC2CCCC2)CO1. The lowest BCUT2D eigenvalue weighted by Crippen LogP contribution is -2.49. The molecule has 0 unspecified atom stereocenters. The summed E-state index contributed by atoms with van der Waals surface area (Å²) in [7, 11) is 0. The molecule has 0 aromatic carbocycles. The highest BCUT2D eigenvalue weighted by atomic mass is 16.7. The minimum Gasteiger partial charge on any atom is -0.377 e. The summed E-state index contributed by atoms with van der Waals surface area (Å²) in [6.45, 7) is 7.02. The number of hydrogen-bond acceptors (Lipinski definition) is 4. The van der Waals surface area contributed by atoms with Crippen LogP contribution in [0.5, 0.6) is 0 Å². The van der Waals surface area contributed by atoms with Crippen LogP contribution < -0.4 is 5.32 Å². The summed E-state index contributed by atoms with van der Waals surface area (Å²) < 4.78 is 17.0. The molecule has 100 valence electrons. The molecule has 17 heavy (non-hydrogen) atoms. The molecular formula is C13H25NO3. The highest BCUT2D eigenvalue weighted by Gasteiger charge is 2.27. The average molecular weight is 243 g/mol. The summed E-state index contributed by atoms with van der Waals surface area (Å²) in [6.07, 6.45) is 5.65. The maximum Gasteiger partial charge on any atom is 0.162 e. The van der Waals surface area contributed by atoms with Crippen molar-refractivity contribution in [2.24, 2.45) is 0 Å². The van der Waals surface area contributed by atoms with E-state index in [0.717, 1.165) is 26.4 Å². The first kappa shape index (κ1) is 13.3. The van der Waals surface area contributed by atoms with Crippen molar-refractivity contribution < 1.29 is 14.2 Å². The second-order valence-electron chi connectivity index (χ2n) is 5.45. The Labute approximate surface area is 104 Å². The summed E-state index contributed by atoms with van der Waals surface area (Å²) in [5.41, 5.74) is 0. The summed E-state index contributed by atoms with van der Waals surface area (Å²) >= 11 is 0. The quantitative estimate of drug-likeness (QED) is 0.746. The van der Waals surface area contributed by atoms with Crippen molar-refractivity contribution in [1.82, 2.24) is 5.32 Å². The van der Waals surface area contributed by atoms with Crippen molar-refractivity contribution in [3.63, 3.8) is 0 Å². The topological polar surface area (TPSA) is 39.7 Å². The van der Waals surface area contributed by atoms with Crippen LogP contribution in [0, 0.1) is 0 Å². The zero-order valence-corrected chi connectivity index (χ0v) is 11.0. The van der Waals surface area contributed by atoms with E-state index in [1.807, 2.05) is 13.8 Å². The molecule has 1 N–H and O–H groups in total. The largest absolute Gasteiger partial charge is 0.377 e. The van der Waals surface area contributed by atoms with Gasteiger partial charge in [-0.2, -0.15) is 0 Å². The molecule has 0 atom stereocenters. The van der Waals surface area contributed by atoms with Crippen LogP contribution in [-0.4, -0.2) is 44.3 Å². The number of nitrogens with one attached hydrogen (secondary N) is 1. The predicted molar refractivity (Wildman–Crippen MR) is 66.0 cm³/mol. The standard InChI is InChI=1S/C13H25NO3/c1-13(2)16-9-11(10-17-13)14-7-8-15-12-5-3-4-6-12/h11-12,14H,3-10H2,1-2H3. The van der Waals surface area contributed by atoms with Gasteiger partial charge >= 0.3 is 0 Å². The molecule has 0 radical (unpaired) electrons. The maximum absolute atomic E-state index is 5.79. The molecule has 2 rings (SSSR count). The normalized spacial score (nSPS) is 26.5. The highest BCUT2D eigenvalue weighted by Crippen LogP contribution is 2.20. The van der Waals surface area contributed by atoms with Gasteiger partial charge in [-0.15, -0.1) is 0 Å². The molecule has 4 nitrogen and oxygen atoms in total. The van der Waals surface area contributed by atoms with Crippen LogP contribution in [0.2, 0.25) is 0 Å². The van der Waals surface area contributed by atoms with Gasteiger partial charge in [-0.1, -0.05) is 12.8 Å². The van der Waals surface area contributed by atoms with E-state index in [9.17, 15) is 0 Å². The van der Waals surface area contributed by atoms with Crippen LogP contribution in [0.1, 0.15) is 39.5 Å². The molecule has 1 saturated carbocycles. The number of hydrogen-bond donors (Lipinski definition) is 1. The smallest absolute Gasteiger partial charge is 0.162 e. The Morgan fingerprint density at radius 3 is 2.47 bits per heavy atom. The van der Waals surface area contributed by atoms with Gasteiger partial charge in [0.2, 0.25) is 0 Å². The predicted octanol–water partition coefficient (Wildman–Crippen LogP) is 1.69. The molecule has 1 heterocycles. The van der Waals surface area contributed by atoms with Crippen molar-refractivity contribution in [3.8, 4) is 0 Å². The van der Waals surface area contributed by atoms with Gasteiger partial charge < -0.3 is 19.5 Å². The van der Waals surface area contributed by atoms with Gasteiger partial charge in [-0.25, -0.2) is 0 Å². The fourth-order valence-corrected chi connectivity index (χ4v) is 2.35. The van der Waals surface area contributed by atoms with E-state index in [1.165, 1.54) is 25.7 Å². The van der Waals surface area contributed by atoms with Crippen LogP contribution in [-0.2, 0) is 14.2 Å². The fourth-order valence-electron chi connectivity index (χ4n) is 2.35. The third kappa shape index (κ3) is 4.54. The lowest BCUT2D eigenvalue weighted by Gasteiger charge is -2.35. The Morgan fingerprint density at radius 1 is 1.18 bits per heavy atom. The average Bonchev–Trinajstić information content (AvgIpc) is 2.79. The van der Waals surface area contributed by atoms with Crippen LogP contribution in [0.4, 0.5) is 0 Å². The Bertz CT molecular complexity index is 217. The molecule has 0 bridgehead atoms. The second-order valence-corrected chi connectivity index (χ2v) is 5.45. The van der Waals surface area contributed by atoms with Crippen LogP contribution in [0.3, 0.4) is 0 Å². The van der Waals surface area contributed by atoms with Crippen molar-refractivity contribution in [2.75, 3.05) is 26.4 Å². The van der Waals surface area contributed by atoms with Gasteiger partial charge in [-0.05, 0) is 26.7 Å². The molecule has 0 amide bonds. The van der Waals surface area contributed by atoms with E-state index in [4.69, 9.17) is 14.2 Å². The molecule has 4 heteroatoms. The van der Waals surface area contributed by atoms with E-state index in [2.05, 4.69) is 5.32 Å². The molecule has 0 aromatic rings. The first-order chi connectivity index (χ1) is 8.16.